The van der Waals surface area contributed by atoms with Crippen LogP contribution in [0.3, 0.4) is 0 Å². The molecule has 5 heteroatoms. The number of methoxy groups -OCH3 is 3. The van der Waals surface area contributed by atoms with E-state index in [1.165, 1.54) is 5.56 Å². The minimum Gasteiger partial charge on any atom is -0.497 e. The summed E-state index contributed by atoms with van der Waals surface area (Å²) in [5.41, 5.74) is 4.56. The van der Waals surface area contributed by atoms with Crippen molar-refractivity contribution in [1.82, 2.24) is 5.32 Å². The van der Waals surface area contributed by atoms with E-state index in [9.17, 15) is 0 Å². The number of fused-ring (bicyclic) bond motifs is 1. The van der Waals surface area contributed by atoms with Crippen molar-refractivity contribution in [3.8, 4) is 23.0 Å². The summed E-state index contributed by atoms with van der Waals surface area (Å²) in [6.45, 7) is 1.35. The Morgan fingerprint density at radius 1 is 0.800 bits per heavy atom. The van der Waals surface area contributed by atoms with Crippen LogP contribution in [0.4, 0.5) is 0 Å². The lowest BCUT2D eigenvalue weighted by atomic mass is 9.88. The average molecular weight is 405 g/mol. The molecule has 1 atom stereocenters. The van der Waals surface area contributed by atoms with E-state index in [-0.39, 0.29) is 6.04 Å². The van der Waals surface area contributed by atoms with Crippen molar-refractivity contribution < 1.29 is 18.9 Å². The van der Waals surface area contributed by atoms with Crippen LogP contribution in [-0.2, 0) is 13.0 Å². The smallest absolute Gasteiger partial charge is 0.162 e. The molecule has 0 bridgehead atoms. The molecular formula is C25H27NO4. The molecule has 0 amide bonds. The zero-order valence-corrected chi connectivity index (χ0v) is 17.6. The normalized spacial score (nSPS) is 15.2. The van der Waals surface area contributed by atoms with E-state index in [2.05, 4.69) is 29.6 Å². The highest BCUT2D eigenvalue weighted by atomic mass is 16.5. The molecule has 0 fully saturated rings. The van der Waals surface area contributed by atoms with Gasteiger partial charge in [-0.1, -0.05) is 30.3 Å². The molecule has 1 aliphatic heterocycles. The standard InChI is InChI=1S/C25H27NO4/c1-27-19-9-10-22(28-2)21(14-19)25-20-15-24(30-16-17-7-5-4-6-8-17)23(29-3)13-18(20)11-12-26-25/h4-10,13-15,25-26H,11-12,16H2,1-3H3. The van der Waals surface area contributed by atoms with Crippen molar-refractivity contribution in [2.24, 2.45) is 0 Å². The highest BCUT2D eigenvalue weighted by Crippen LogP contribution is 2.41. The molecule has 4 rings (SSSR count). The second kappa shape index (κ2) is 9.09. The van der Waals surface area contributed by atoms with Gasteiger partial charge in [-0.15, -0.1) is 0 Å². The Bertz CT molecular complexity index is 1000. The van der Waals surface area contributed by atoms with Crippen LogP contribution in [0.5, 0.6) is 23.0 Å². The van der Waals surface area contributed by atoms with Crippen LogP contribution < -0.4 is 24.3 Å². The number of hydrogen-bond donors (Lipinski definition) is 1. The predicted molar refractivity (Wildman–Crippen MR) is 117 cm³/mol. The van der Waals surface area contributed by atoms with Crippen molar-refractivity contribution in [3.63, 3.8) is 0 Å². The Balaban J connectivity index is 1.72. The van der Waals surface area contributed by atoms with E-state index in [0.29, 0.717) is 6.61 Å². The molecule has 0 aliphatic carbocycles. The molecule has 30 heavy (non-hydrogen) atoms. The number of rotatable bonds is 7. The van der Waals surface area contributed by atoms with Crippen LogP contribution >= 0.6 is 0 Å². The largest absolute Gasteiger partial charge is 0.497 e. The van der Waals surface area contributed by atoms with Gasteiger partial charge in [0.25, 0.3) is 0 Å². The third-order valence-electron chi connectivity index (χ3n) is 5.46. The van der Waals surface area contributed by atoms with Crippen LogP contribution in [-0.4, -0.2) is 27.9 Å². The second-order valence-corrected chi connectivity index (χ2v) is 7.22. The molecule has 5 nitrogen and oxygen atoms in total. The van der Waals surface area contributed by atoms with Crippen molar-refractivity contribution in [2.75, 3.05) is 27.9 Å². The highest BCUT2D eigenvalue weighted by molar-refractivity contribution is 5.54. The molecule has 0 radical (unpaired) electrons. The molecule has 3 aromatic rings. The van der Waals surface area contributed by atoms with E-state index in [1.54, 1.807) is 21.3 Å². The quantitative estimate of drug-likeness (QED) is 0.626. The van der Waals surface area contributed by atoms with Crippen LogP contribution in [0.2, 0.25) is 0 Å². The average Bonchev–Trinajstić information content (AvgIpc) is 2.81. The fourth-order valence-corrected chi connectivity index (χ4v) is 3.91. The molecule has 1 unspecified atom stereocenters. The number of benzene rings is 3. The van der Waals surface area contributed by atoms with Gasteiger partial charge in [-0.2, -0.15) is 0 Å². The lowest BCUT2D eigenvalue weighted by Crippen LogP contribution is -2.31. The van der Waals surface area contributed by atoms with Gasteiger partial charge in [0, 0.05) is 12.1 Å². The zero-order valence-electron chi connectivity index (χ0n) is 17.6. The predicted octanol–water partition coefficient (Wildman–Crippen LogP) is 4.53. The zero-order chi connectivity index (χ0) is 20.9. The molecular weight excluding hydrogens is 378 g/mol. The van der Waals surface area contributed by atoms with Crippen molar-refractivity contribution >= 4 is 0 Å². The molecule has 1 aliphatic rings. The van der Waals surface area contributed by atoms with E-state index in [1.807, 2.05) is 36.4 Å². The topological polar surface area (TPSA) is 49.0 Å². The number of ether oxygens (including phenoxy) is 4. The summed E-state index contributed by atoms with van der Waals surface area (Å²) < 4.78 is 22.9. The third-order valence-corrected chi connectivity index (χ3v) is 5.46. The first kappa shape index (κ1) is 20.1. The summed E-state index contributed by atoms with van der Waals surface area (Å²) in [7, 11) is 5.05. The summed E-state index contributed by atoms with van der Waals surface area (Å²) in [5, 5.41) is 3.62. The van der Waals surface area contributed by atoms with Gasteiger partial charge in [-0.3, -0.25) is 0 Å². The number of hydrogen-bond acceptors (Lipinski definition) is 5. The van der Waals surface area contributed by atoms with Gasteiger partial charge in [0.2, 0.25) is 0 Å². The van der Waals surface area contributed by atoms with E-state index in [0.717, 1.165) is 52.7 Å². The van der Waals surface area contributed by atoms with Crippen molar-refractivity contribution in [2.45, 2.75) is 19.1 Å². The molecule has 0 saturated heterocycles. The first-order chi connectivity index (χ1) is 14.7. The maximum atomic E-state index is 6.16. The van der Waals surface area contributed by atoms with Gasteiger partial charge in [-0.25, -0.2) is 0 Å². The fraction of sp³-hybridized carbons (Fsp3) is 0.280. The first-order valence-electron chi connectivity index (χ1n) is 10.1. The van der Waals surface area contributed by atoms with Crippen LogP contribution in [0.15, 0.2) is 60.7 Å². The molecule has 0 saturated carbocycles. The van der Waals surface area contributed by atoms with Crippen molar-refractivity contribution in [3.05, 3.63) is 82.9 Å². The van der Waals surface area contributed by atoms with E-state index < -0.39 is 0 Å². The van der Waals surface area contributed by atoms with Crippen LogP contribution in [0.1, 0.15) is 28.3 Å². The van der Waals surface area contributed by atoms with Gasteiger partial charge in [0.05, 0.1) is 27.4 Å². The lowest BCUT2D eigenvalue weighted by Gasteiger charge is -2.30. The summed E-state index contributed by atoms with van der Waals surface area (Å²) >= 11 is 0. The van der Waals surface area contributed by atoms with Gasteiger partial charge in [-0.05, 0) is 53.4 Å². The van der Waals surface area contributed by atoms with Gasteiger partial charge >= 0.3 is 0 Å². The Morgan fingerprint density at radius 3 is 2.33 bits per heavy atom. The Hall–Kier alpha value is -3.18. The lowest BCUT2D eigenvalue weighted by molar-refractivity contribution is 0.283. The van der Waals surface area contributed by atoms with Crippen LogP contribution in [0, 0.1) is 0 Å². The fourth-order valence-electron chi connectivity index (χ4n) is 3.91. The van der Waals surface area contributed by atoms with Gasteiger partial charge in [0.1, 0.15) is 18.1 Å². The molecule has 0 aromatic heterocycles. The molecule has 156 valence electrons. The summed E-state index contributed by atoms with van der Waals surface area (Å²) in [4.78, 5) is 0. The van der Waals surface area contributed by atoms with Crippen molar-refractivity contribution in [1.29, 1.82) is 0 Å². The number of nitrogens with one attached hydrogen (secondary N) is 1. The Morgan fingerprint density at radius 2 is 1.60 bits per heavy atom. The molecule has 3 aromatic carbocycles. The molecule has 1 N–H and O–H groups in total. The van der Waals surface area contributed by atoms with E-state index in [4.69, 9.17) is 18.9 Å². The minimum absolute atomic E-state index is 0.0243. The SMILES string of the molecule is COc1ccc(OC)c(C2NCCc3cc(OC)c(OCc4ccccc4)cc32)c1. The minimum atomic E-state index is -0.0243. The first-order valence-corrected chi connectivity index (χ1v) is 10.1. The Labute approximate surface area is 177 Å². The van der Waals surface area contributed by atoms with Gasteiger partial charge in [0.15, 0.2) is 11.5 Å². The van der Waals surface area contributed by atoms with E-state index >= 15 is 0 Å². The maximum Gasteiger partial charge on any atom is 0.162 e. The summed E-state index contributed by atoms with van der Waals surface area (Å²) in [6, 6.07) is 20.2. The van der Waals surface area contributed by atoms with Crippen LogP contribution in [0.25, 0.3) is 0 Å². The highest BCUT2D eigenvalue weighted by Gasteiger charge is 2.26. The summed E-state index contributed by atoms with van der Waals surface area (Å²) in [6.07, 6.45) is 0.924. The molecule has 1 heterocycles. The summed E-state index contributed by atoms with van der Waals surface area (Å²) in [5.74, 6) is 3.11. The van der Waals surface area contributed by atoms with Gasteiger partial charge < -0.3 is 24.3 Å². The Kier molecular flexibility index (Phi) is 6.10. The monoisotopic (exact) mass is 405 g/mol. The molecule has 0 spiro atoms. The second-order valence-electron chi connectivity index (χ2n) is 7.22. The third kappa shape index (κ3) is 4.07. The maximum absolute atomic E-state index is 6.16.